The Kier molecular flexibility index (Phi) is 2.97. The van der Waals surface area contributed by atoms with Crippen LogP contribution in [-0.2, 0) is 0 Å². The van der Waals surface area contributed by atoms with E-state index in [9.17, 15) is 5.11 Å². The Balaban J connectivity index is 1.71. The van der Waals surface area contributed by atoms with Gasteiger partial charge in [0.2, 0.25) is 0 Å². The van der Waals surface area contributed by atoms with E-state index in [2.05, 4.69) is 19.9 Å². The van der Waals surface area contributed by atoms with E-state index >= 15 is 0 Å². The third-order valence-electron chi connectivity index (χ3n) is 3.44. The molecule has 7 heteroatoms. The number of rotatable bonds is 3. The van der Waals surface area contributed by atoms with Gasteiger partial charge in [-0.3, -0.25) is 0 Å². The number of aromatic nitrogens is 4. The van der Waals surface area contributed by atoms with Crippen molar-refractivity contribution in [2.24, 2.45) is 0 Å². The van der Waals surface area contributed by atoms with Gasteiger partial charge >= 0.3 is 6.01 Å². The molecule has 0 aliphatic heterocycles. The van der Waals surface area contributed by atoms with Crippen LogP contribution in [0.3, 0.4) is 0 Å². The molecule has 0 bridgehead atoms. The quantitative estimate of drug-likeness (QED) is 0.604. The monoisotopic (exact) mass is 308 g/mol. The van der Waals surface area contributed by atoms with Crippen molar-refractivity contribution in [1.82, 2.24) is 19.9 Å². The summed E-state index contributed by atoms with van der Waals surface area (Å²) in [6.07, 6.45) is 5.00. The molecule has 0 amide bonds. The van der Waals surface area contributed by atoms with Crippen LogP contribution in [0.25, 0.3) is 21.9 Å². The number of benzene rings is 1. The highest BCUT2D eigenvalue weighted by Gasteiger charge is 2.09. The minimum absolute atomic E-state index is 0.0411. The van der Waals surface area contributed by atoms with Crippen molar-refractivity contribution in [3.05, 3.63) is 42.9 Å². The fourth-order valence-electron chi connectivity index (χ4n) is 2.32. The number of H-pyrrole nitrogens is 1. The average Bonchev–Trinajstić information content (AvgIpc) is 3.02. The summed E-state index contributed by atoms with van der Waals surface area (Å²) in [6, 6.07) is 7.13. The number of hydrogen-bond donors (Lipinski definition) is 2. The number of hydrogen-bond acceptors (Lipinski definition) is 6. The predicted molar refractivity (Wildman–Crippen MR) is 83.9 cm³/mol. The van der Waals surface area contributed by atoms with Crippen molar-refractivity contribution in [3.63, 3.8) is 0 Å². The molecule has 0 aliphatic rings. The van der Waals surface area contributed by atoms with Gasteiger partial charge in [0.25, 0.3) is 0 Å². The lowest BCUT2D eigenvalue weighted by Crippen LogP contribution is -1.93. The summed E-state index contributed by atoms with van der Waals surface area (Å²) < 4.78 is 10.8. The smallest absolute Gasteiger partial charge is 0.322 e. The zero-order chi connectivity index (χ0) is 15.8. The van der Waals surface area contributed by atoms with Crippen molar-refractivity contribution in [2.45, 2.75) is 0 Å². The number of phenols is 1. The van der Waals surface area contributed by atoms with Crippen LogP contribution in [0.1, 0.15) is 0 Å². The van der Waals surface area contributed by atoms with Gasteiger partial charge in [-0.15, -0.1) is 0 Å². The molecular weight excluding hydrogens is 296 g/mol. The number of aromatic hydroxyl groups is 1. The van der Waals surface area contributed by atoms with E-state index in [1.807, 2.05) is 18.3 Å². The third-order valence-corrected chi connectivity index (χ3v) is 3.44. The summed E-state index contributed by atoms with van der Waals surface area (Å²) in [5.41, 5.74) is 1.40. The summed E-state index contributed by atoms with van der Waals surface area (Å²) in [4.78, 5) is 15.7. The Labute approximate surface area is 130 Å². The molecule has 3 aromatic heterocycles. The zero-order valence-corrected chi connectivity index (χ0v) is 12.1. The van der Waals surface area contributed by atoms with Gasteiger partial charge in [0.15, 0.2) is 11.5 Å². The first-order valence-electron chi connectivity index (χ1n) is 6.88. The summed E-state index contributed by atoms with van der Waals surface area (Å²) in [5, 5.41) is 11.4. The van der Waals surface area contributed by atoms with Gasteiger partial charge in [-0.05, 0) is 18.2 Å². The van der Waals surface area contributed by atoms with Gasteiger partial charge in [-0.1, -0.05) is 0 Å². The second kappa shape index (κ2) is 5.13. The Morgan fingerprint density at radius 2 is 2.00 bits per heavy atom. The minimum Gasteiger partial charge on any atom is -0.504 e. The number of nitrogens with one attached hydrogen (secondary N) is 1. The fourth-order valence-corrected chi connectivity index (χ4v) is 2.32. The molecule has 7 nitrogen and oxygen atoms in total. The van der Waals surface area contributed by atoms with Crippen LogP contribution in [0, 0.1) is 0 Å². The van der Waals surface area contributed by atoms with E-state index < -0.39 is 0 Å². The van der Waals surface area contributed by atoms with Crippen LogP contribution in [0.2, 0.25) is 0 Å². The standard InChI is InChI=1S/C16H12N4O3/c1-22-14-6-12-10(5-13(14)21)7-19-16(20-12)23-11-4-9-2-3-17-15(9)18-8-11/h2-8,21H,1H3,(H,17,18). The maximum Gasteiger partial charge on any atom is 0.322 e. The summed E-state index contributed by atoms with van der Waals surface area (Å²) in [6.45, 7) is 0. The molecule has 1 aromatic carbocycles. The first kappa shape index (κ1) is 13.3. The molecule has 114 valence electrons. The number of pyridine rings is 1. The van der Waals surface area contributed by atoms with Gasteiger partial charge in [0.05, 0.1) is 18.8 Å². The molecular formula is C16H12N4O3. The Morgan fingerprint density at radius 1 is 1.09 bits per heavy atom. The van der Waals surface area contributed by atoms with E-state index in [0.29, 0.717) is 22.4 Å². The molecule has 0 fully saturated rings. The molecule has 0 spiro atoms. The number of phenolic OH excluding ortho intramolecular Hbond substituents is 1. The van der Waals surface area contributed by atoms with Crippen LogP contribution >= 0.6 is 0 Å². The van der Waals surface area contributed by atoms with Crippen molar-refractivity contribution in [3.8, 4) is 23.3 Å². The van der Waals surface area contributed by atoms with Crippen LogP contribution < -0.4 is 9.47 Å². The van der Waals surface area contributed by atoms with Crippen LogP contribution in [0.5, 0.6) is 23.3 Å². The van der Waals surface area contributed by atoms with Crippen LogP contribution in [0.4, 0.5) is 0 Å². The van der Waals surface area contributed by atoms with E-state index in [4.69, 9.17) is 9.47 Å². The molecule has 0 atom stereocenters. The Morgan fingerprint density at radius 3 is 2.87 bits per heavy atom. The van der Waals surface area contributed by atoms with Crippen molar-refractivity contribution < 1.29 is 14.6 Å². The third kappa shape index (κ3) is 2.38. The first-order valence-corrected chi connectivity index (χ1v) is 6.88. The van der Waals surface area contributed by atoms with E-state index in [-0.39, 0.29) is 11.8 Å². The van der Waals surface area contributed by atoms with Gasteiger partial charge in [0, 0.05) is 29.2 Å². The molecule has 0 unspecified atom stereocenters. The summed E-state index contributed by atoms with van der Waals surface area (Å²) >= 11 is 0. The molecule has 0 saturated carbocycles. The highest BCUT2D eigenvalue weighted by molar-refractivity contribution is 5.82. The summed E-state index contributed by atoms with van der Waals surface area (Å²) in [7, 11) is 1.48. The zero-order valence-electron chi connectivity index (χ0n) is 12.1. The van der Waals surface area contributed by atoms with Gasteiger partial charge < -0.3 is 19.6 Å². The second-order valence-electron chi connectivity index (χ2n) is 4.92. The second-order valence-corrected chi connectivity index (χ2v) is 4.92. The van der Waals surface area contributed by atoms with Crippen molar-refractivity contribution in [2.75, 3.05) is 7.11 Å². The van der Waals surface area contributed by atoms with Crippen molar-refractivity contribution in [1.29, 1.82) is 0 Å². The molecule has 0 saturated heterocycles. The van der Waals surface area contributed by atoms with Gasteiger partial charge in [-0.2, -0.15) is 4.98 Å². The average molecular weight is 308 g/mol. The topological polar surface area (TPSA) is 93.2 Å². The van der Waals surface area contributed by atoms with E-state index in [1.165, 1.54) is 7.11 Å². The minimum atomic E-state index is 0.0411. The molecule has 2 N–H and O–H groups in total. The highest BCUT2D eigenvalue weighted by Crippen LogP contribution is 2.31. The lowest BCUT2D eigenvalue weighted by Gasteiger charge is -2.07. The maximum atomic E-state index is 9.77. The highest BCUT2D eigenvalue weighted by atomic mass is 16.5. The molecule has 0 radical (unpaired) electrons. The van der Waals surface area contributed by atoms with Crippen molar-refractivity contribution >= 4 is 21.9 Å². The lowest BCUT2D eigenvalue weighted by atomic mass is 10.2. The Hall–Kier alpha value is -3.35. The number of fused-ring (bicyclic) bond motifs is 2. The lowest BCUT2D eigenvalue weighted by molar-refractivity contribution is 0.374. The molecule has 3 heterocycles. The number of ether oxygens (including phenoxy) is 2. The van der Waals surface area contributed by atoms with Crippen LogP contribution in [0.15, 0.2) is 42.9 Å². The number of methoxy groups -OCH3 is 1. The fraction of sp³-hybridized carbons (Fsp3) is 0.0625. The molecule has 0 aliphatic carbocycles. The first-order chi connectivity index (χ1) is 11.2. The maximum absolute atomic E-state index is 9.77. The number of nitrogens with zero attached hydrogens (tertiary/aromatic N) is 3. The largest absolute Gasteiger partial charge is 0.504 e. The Bertz CT molecular complexity index is 1010. The van der Waals surface area contributed by atoms with E-state index in [0.717, 1.165) is 11.0 Å². The van der Waals surface area contributed by atoms with Gasteiger partial charge in [-0.25, -0.2) is 9.97 Å². The van der Waals surface area contributed by atoms with Crippen LogP contribution in [-0.4, -0.2) is 32.2 Å². The SMILES string of the molecule is COc1cc2nc(Oc3cnc4[nH]ccc4c3)ncc2cc1O. The number of aromatic amines is 1. The van der Waals surface area contributed by atoms with E-state index in [1.54, 1.807) is 24.5 Å². The normalized spacial score (nSPS) is 11.0. The summed E-state index contributed by atoms with van der Waals surface area (Å²) in [5.74, 6) is 0.930. The molecule has 4 rings (SSSR count). The predicted octanol–water partition coefficient (Wildman–Crippen LogP) is 3.01. The molecule has 4 aromatic rings. The molecule has 23 heavy (non-hydrogen) atoms. The van der Waals surface area contributed by atoms with Gasteiger partial charge in [0.1, 0.15) is 11.4 Å².